The average molecular weight is 195 g/mol. The molecule has 1 heterocycles. The zero-order valence-corrected chi connectivity index (χ0v) is 8.82. The van der Waals surface area contributed by atoms with Gasteiger partial charge in [-0.05, 0) is 12.8 Å². The van der Waals surface area contributed by atoms with E-state index in [9.17, 15) is 9.59 Å². The smallest absolute Gasteiger partial charge is 0.253 e. The molecule has 0 bridgehead atoms. The Balaban J connectivity index is 2.60. The van der Waals surface area contributed by atoms with Crippen molar-refractivity contribution in [1.29, 1.82) is 0 Å². The number of hydrogen-bond donors (Lipinski definition) is 0. The SMILES string of the molecule is CCCCC(CC)N1C(=O)C=CC1=O. The fourth-order valence-corrected chi connectivity index (χ4v) is 1.73. The summed E-state index contributed by atoms with van der Waals surface area (Å²) in [7, 11) is 0. The summed E-state index contributed by atoms with van der Waals surface area (Å²) in [5.41, 5.74) is 0. The van der Waals surface area contributed by atoms with Gasteiger partial charge in [0.2, 0.25) is 0 Å². The van der Waals surface area contributed by atoms with Crippen molar-refractivity contribution in [3.8, 4) is 0 Å². The number of carbonyl (C=O) groups is 2. The number of unbranched alkanes of at least 4 members (excludes halogenated alkanes) is 1. The van der Waals surface area contributed by atoms with Crippen LogP contribution in [-0.4, -0.2) is 22.8 Å². The average Bonchev–Trinajstić information content (AvgIpc) is 2.50. The summed E-state index contributed by atoms with van der Waals surface area (Å²) >= 11 is 0. The van der Waals surface area contributed by atoms with Crippen LogP contribution in [0.4, 0.5) is 0 Å². The summed E-state index contributed by atoms with van der Waals surface area (Å²) in [6.45, 7) is 4.12. The monoisotopic (exact) mass is 195 g/mol. The summed E-state index contributed by atoms with van der Waals surface area (Å²) in [5, 5.41) is 0. The number of rotatable bonds is 5. The van der Waals surface area contributed by atoms with Crippen LogP contribution in [0.1, 0.15) is 39.5 Å². The second kappa shape index (κ2) is 4.94. The van der Waals surface area contributed by atoms with Crippen LogP contribution in [0.3, 0.4) is 0 Å². The van der Waals surface area contributed by atoms with E-state index in [1.165, 1.54) is 17.1 Å². The molecule has 1 aliphatic rings. The Morgan fingerprint density at radius 2 is 1.79 bits per heavy atom. The zero-order valence-electron chi connectivity index (χ0n) is 8.82. The molecule has 0 aromatic carbocycles. The molecule has 3 heteroatoms. The second-order valence-corrected chi connectivity index (χ2v) is 3.58. The van der Waals surface area contributed by atoms with Gasteiger partial charge in [-0.3, -0.25) is 14.5 Å². The predicted molar refractivity (Wildman–Crippen MR) is 54.6 cm³/mol. The first-order valence-corrected chi connectivity index (χ1v) is 5.26. The molecule has 1 unspecified atom stereocenters. The Kier molecular flexibility index (Phi) is 3.86. The van der Waals surface area contributed by atoms with Crippen LogP contribution in [0.2, 0.25) is 0 Å². The summed E-state index contributed by atoms with van der Waals surface area (Å²) in [6, 6.07) is 0.0879. The highest BCUT2D eigenvalue weighted by molar-refractivity contribution is 6.13. The van der Waals surface area contributed by atoms with E-state index in [2.05, 4.69) is 6.92 Å². The number of imide groups is 1. The number of amides is 2. The highest BCUT2D eigenvalue weighted by Crippen LogP contribution is 2.16. The van der Waals surface area contributed by atoms with Crippen LogP contribution in [-0.2, 0) is 9.59 Å². The summed E-state index contributed by atoms with van der Waals surface area (Å²) in [6.07, 6.45) is 6.65. The van der Waals surface area contributed by atoms with Crippen molar-refractivity contribution in [2.75, 3.05) is 0 Å². The third-order valence-electron chi connectivity index (χ3n) is 2.57. The minimum Gasteiger partial charge on any atom is -0.272 e. The Bertz CT molecular complexity index is 240. The summed E-state index contributed by atoms with van der Waals surface area (Å²) in [4.78, 5) is 24.1. The Labute approximate surface area is 84.8 Å². The number of hydrogen-bond acceptors (Lipinski definition) is 2. The quantitative estimate of drug-likeness (QED) is 0.628. The fraction of sp³-hybridized carbons (Fsp3) is 0.636. The Morgan fingerprint density at radius 1 is 1.21 bits per heavy atom. The number of carbonyl (C=O) groups excluding carboxylic acids is 2. The lowest BCUT2D eigenvalue weighted by Gasteiger charge is -2.24. The molecule has 78 valence electrons. The van der Waals surface area contributed by atoms with Gasteiger partial charge in [-0.2, -0.15) is 0 Å². The standard InChI is InChI=1S/C11H17NO2/c1-3-5-6-9(4-2)12-10(13)7-8-11(12)14/h7-9H,3-6H2,1-2H3. The van der Waals surface area contributed by atoms with E-state index >= 15 is 0 Å². The van der Waals surface area contributed by atoms with Gasteiger partial charge in [-0.1, -0.05) is 26.7 Å². The topological polar surface area (TPSA) is 37.4 Å². The van der Waals surface area contributed by atoms with Crippen LogP contribution >= 0.6 is 0 Å². The third-order valence-corrected chi connectivity index (χ3v) is 2.57. The van der Waals surface area contributed by atoms with E-state index in [1.807, 2.05) is 6.92 Å². The van der Waals surface area contributed by atoms with E-state index in [-0.39, 0.29) is 17.9 Å². The zero-order chi connectivity index (χ0) is 10.6. The maximum Gasteiger partial charge on any atom is 0.253 e. The molecule has 1 atom stereocenters. The summed E-state index contributed by atoms with van der Waals surface area (Å²) < 4.78 is 0. The van der Waals surface area contributed by atoms with Crippen molar-refractivity contribution in [1.82, 2.24) is 4.90 Å². The lowest BCUT2D eigenvalue weighted by molar-refractivity contribution is -0.139. The lowest BCUT2D eigenvalue weighted by Crippen LogP contribution is -2.39. The maximum atomic E-state index is 11.4. The van der Waals surface area contributed by atoms with Gasteiger partial charge in [0.25, 0.3) is 11.8 Å². The van der Waals surface area contributed by atoms with Gasteiger partial charge in [-0.15, -0.1) is 0 Å². The molecule has 0 spiro atoms. The molecular formula is C11H17NO2. The first kappa shape index (κ1) is 11.0. The van der Waals surface area contributed by atoms with Crippen molar-refractivity contribution >= 4 is 11.8 Å². The van der Waals surface area contributed by atoms with E-state index in [4.69, 9.17) is 0 Å². The van der Waals surface area contributed by atoms with Crippen LogP contribution in [0.25, 0.3) is 0 Å². The minimum atomic E-state index is -0.155. The molecule has 0 N–H and O–H groups in total. The van der Waals surface area contributed by atoms with Crippen LogP contribution in [0.15, 0.2) is 12.2 Å². The third kappa shape index (κ3) is 2.22. The normalized spacial score (nSPS) is 18.0. The summed E-state index contributed by atoms with van der Waals surface area (Å²) in [5.74, 6) is -0.309. The molecule has 2 amide bonds. The van der Waals surface area contributed by atoms with Crippen LogP contribution in [0, 0.1) is 0 Å². The van der Waals surface area contributed by atoms with Crippen molar-refractivity contribution in [3.63, 3.8) is 0 Å². The molecule has 1 rings (SSSR count). The van der Waals surface area contributed by atoms with Crippen molar-refractivity contribution in [2.45, 2.75) is 45.6 Å². The Morgan fingerprint density at radius 3 is 2.21 bits per heavy atom. The van der Waals surface area contributed by atoms with Gasteiger partial charge in [0.05, 0.1) is 0 Å². The largest absolute Gasteiger partial charge is 0.272 e. The molecule has 3 nitrogen and oxygen atoms in total. The van der Waals surface area contributed by atoms with E-state index in [1.54, 1.807) is 0 Å². The molecular weight excluding hydrogens is 178 g/mol. The number of nitrogens with zero attached hydrogens (tertiary/aromatic N) is 1. The molecule has 0 radical (unpaired) electrons. The van der Waals surface area contributed by atoms with Gasteiger partial charge < -0.3 is 0 Å². The molecule has 1 aliphatic heterocycles. The Hall–Kier alpha value is -1.12. The molecule has 0 aliphatic carbocycles. The first-order valence-electron chi connectivity index (χ1n) is 5.26. The molecule has 0 fully saturated rings. The second-order valence-electron chi connectivity index (χ2n) is 3.58. The molecule has 0 saturated carbocycles. The van der Waals surface area contributed by atoms with Crippen molar-refractivity contribution in [2.24, 2.45) is 0 Å². The van der Waals surface area contributed by atoms with Gasteiger partial charge >= 0.3 is 0 Å². The van der Waals surface area contributed by atoms with Crippen molar-refractivity contribution in [3.05, 3.63) is 12.2 Å². The van der Waals surface area contributed by atoms with Gasteiger partial charge in [0.15, 0.2) is 0 Å². The minimum absolute atomic E-state index is 0.0879. The lowest BCUT2D eigenvalue weighted by atomic mass is 10.1. The molecule has 14 heavy (non-hydrogen) atoms. The van der Waals surface area contributed by atoms with E-state index in [0.29, 0.717) is 0 Å². The van der Waals surface area contributed by atoms with Gasteiger partial charge in [0, 0.05) is 18.2 Å². The first-order chi connectivity index (χ1) is 6.70. The van der Waals surface area contributed by atoms with E-state index < -0.39 is 0 Å². The fourth-order valence-electron chi connectivity index (χ4n) is 1.73. The molecule has 0 saturated heterocycles. The van der Waals surface area contributed by atoms with Gasteiger partial charge in [0.1, 0.15) is 0 Å². The van der Waals surface area contributed by atoms with E-state index in [0.717, 1.165) is 25.7 Å². The van der Waals surface area contributed by atoms with Crippen molar-refractivity contribution < 1.29 is 9.59 Å². The van der Waals surface area contributed by atoms with Gasteiger partial charge in [-0.25, -0.2) is 0 Å². The van der Waals surface area contributed by atoms with Crippen LogP contribution in [0.5, 0.6) is 0 Å². The van der Waals surface area contributed by atoms with Crippen LogP contribution < -0.4 is 0 Å². The maximum absolute atomic E-state index is 11.4. The molecule has 0 aromatic heterocycles. The predicted octanol–water partition coefficient (Wildman–Crippen LogP) is 1.88. The molecule has 0 aromatic rings. The highest BCUT2D eigenvalue weighted by atomic mass is 16.2. The highest BCUT2D eigenvalue weighted by Gasteiger charge is 2.29.